The number of nitrogens with one attached hydrogen (secondary N) is 2. The lowest BCUT2D eigenvalue weighted by Crippen LogP contribution is -2.48. The second-order valence-electron chi connectivity index (χ2n) is 17.4. The van der Waals surface area contributed by atoms with Crippen LogP contribution in [-0.2, 0) is 4.74 Å². The molecule has 4 atom stereocenters. The van der Waals surface area contributed by atoms with Gasteiger partial charge in [0.25, 0.3) is 12.3 Å². The number of fused-ring (bicyclic) bond motifs is 2. The number of anilines is 2. The molecule has 1 aliphatic carbocycles. The van der Waals surface area contributed by atoms with Crippen molar-refractivity contribution in [3.05, 3.63) is 65.4 Å². The molecule has 2 saturated heterocycles. The standard InChI is InChI=1S/C45H59F2N11O5/c1-4-19-55(25-28(2)59)38-18-22-56-43(50-38)34(24-48-56)44(61)49-35-27-57(53-41(35)42(46)47)32-12-10-30(11-13-32)26-54-20-16-33(17-21-54)63-23-6-8-31-7-5-9-36-40(31)29(3)52-58(36)37-14-15-39(60)51-45(37)62/h5,7,9,18,22,24,27-28,30,32-33,37,39,42,45,51,59-60,62H,4,10-17,19-21,23,25-26H2,1-3H3,(H,49,61)/t28-,30?,32?,37?,39?,45?/m1/s1. The van der Waals surface area contributed by atoms with Crippen LogP contribution in [0.1, 0.15) is 117 Å². The first-order chi connectivity index (χ1) is 30.4. The number of aromatic nitrogens is 7. The van der Waals surface area contributed by atoms with Crippen molar-refractivity contribution in [1.29, 1.82) is 0 Å². The predicted molar refractivity (Wildman–Crippen MR) is 233 cm³/mol. The SMILES string of the molecule is CCCN(C[C@@H](C)O)c1ccn2ncc(C(=O)Nc3cn(C4CCC(CN5CCC(OCC#Cc6cccc7c6c(C)nn7C6CCC(O)NC6O)CC5)CC4)nc3C(F)F)c2n1. The number of aliphatic hydroxyl groups is 3. The molecule has 6 heterocycles. The first-order valence-electron chi connectivity index (χ1n) is 22.3. The molecule has 3 unspecified atom stereocenters. The number of carbonyl (C=O) groups excluding carboxylic acids is 1. The monoisotopic (exact) mass is 871 g/mol. The summed E-state index contributed by atoms with van der Waals surface area (Å²) in [5.74, 6) is 6.98. The zero-order valence-electron chi connectivity index (χ0n) is 36.2. The first-order valence-corrected chi connectivity index (χ1v) is 22.3. The van der Waals surface area contributed by atoms with Gasteiger partial charge >= 0.3 is 0 Å². The van der Waals surface area contributed by atoms with Gasteiger partial charge in [-0.15, -0.1) is 0 Å². The van der Waals surface area contributed by atoms with Crippen molar-refractivity contribution in [3.63, 3.8) is 0 Å². The molecule has 338 valence electrons. The van der Waals surface area contributed by atoms with Crippen LogP contribution in [0.4, 0.5) is 20.3 Å². The van der Waals surface area contributed by atoms with Gasteiger partial charge in [0.15, 0.2) is 11.3 Å². The van der Waals surface area contributed by atoms with Crippen molar-refractivity contribution in [1.82, 2.24) is 44.4 Å². The second kappa shape index (κ2) is 19.8. The highest BCUT2D eigenvalue weighted by Crippen LogP contribution is 2.36. The molecule has 0 bridgehead atoms. The minimum atomic E-state index is -2.87. The Kier molecular flexibility index (Phi) is 14.0. The molecule has 8 rings (SSSR count). The topological polar surface area (TPSA) is 183 Å². The van der Waals surface area contributed by atoms with Crippen LogP contribution in [0.25, 0.3) is 16.6 Å². The van der Waals surface area contributed by atoms with E-state index in [1.165, 1.54) is 16.9 Å². The largest absolute Gasteiger partial charge is 0.392 e. The lowest BCUT2D eigenvalue weighted by atomic mass is 9.85. The smallest absolute Gasteiger partial charge is 0.284 e. The number of piperidine rings is 2. The summed E-state index contributed by atoms with van der Waals surface area (Å²) in [5, 5.41) is 50.2. The molecule has 16 nitrogen and oxygen atoms in total. The Hall–Kier alpha value is -5.03. The van der Waals surface area contributed by atoms with Crippen molar-refractivity contribution in [3.8, 4) is 11.8 Å². The Morgan fingerprint density at radius 2 is 1.87 bits per heavy atom. The molecule has 5 aromatic rings. The number of hydrogen-bond acceptors (Lipinski definition) is 12. The highest BCUT2D eigenvalue weighted by atomic mass is 19.3. The molecule has 0 radical (unpaired) electrons. The molecule has 63 heavy (non-hydrogen) atoms. The van der Waals surface area contributed by atoms with Gasteiger partial charge in [-0.3, -0.25) is 19.5 Å². The van der Waals surface area contributed by atoms with E-state index in [0.29, 0.717) is 44.3 Å². The van der Waals surface area contributed by atoms with E-state index in [-0.39, 0.29) is 35.1 Å². The molecule has 3 fully saturated rings. The minimum Gasteiger partial charge on any atom is -0.392 e. The molecule has 1 aromatic carbocycles. The fourth-order valence-corrected chi connectivity index (χ4v) is 9.50. The summed E-state index contributed by atoms with van der Waals surface area (Å²) in [5.41, 5.74) is 2.55. The van der Waals surface area contributed by atoms with Crippen molar-refractivity contribution in [2.24, 2.45) is 5.92 Å². The number of halogens is 2. The fourth-order valence-electron chi connectivity index (χ4n) is 9.50. The van der Waals surface area contributed by atoms with Crippen LogP contribution in [-0.4, -0.2) is 124 Å². The second-order valence-corrected chi connectivity index (χ2v) is 17.4. The number of aliphatic hydroxyl groups excluding tert-OH is 3. The number of rotatable bonds is 14. The predicted octanol–water partition coefficient (Wildman–Crippen LogP) is 5.20. The number of nitrogens with zero attached hydrogens (tertiary/aromatic N) is 9. The van der Waals surface area contributed by atoms with Gasteiger partial charge in [-0.2, -0.15) is 15.3 Å². The number of benzene rings is 1. The lowest BCUT2D eigenvalue weighted by Gasteiger charge is -2.36. The summed E-state index contributed by atoms with van der Waals surface area (Å²) in [6.07, 6.45) is 7.00. The van der Waals surface area contributed by atoms with E-state index in [1.807, 2.05) is 41.6 Å². The Labute approximate surface area is 365 Å². The number of amides is 1. The maximum atomic E-state index is 14.3. The van der Waals surface area contributed by atoms with Gasteiger partial charge in [-0.25, -0.2) is 18.3 Å². The van der Waals surface area contributed by atoms with E-state index in [0.717, 1.165) is 86.7 Å². The van der Waals surface area contributed by atoms with Gasteiger partial charge in [0.2, 0.25) is 0 Å². The van der Waals surface area contributed by atoms with E-state index in [4.69, 9.17) is 9.84 Å². The lowest BCUT2D eigenvalue weighted by molar-refractivity contribution is -0.0297. The molecule has 4 aromatic heterocycles. The van der Waals surface area contributed by atoms with E-state index in [9.17, 15) is 28.9 Å². The fraction of sp³-hybridized carbons (Fsp3) is 0.578. The van der Waals surface area contributed by atoms with E-state index in [1.54, 1.807) is 23.9 Å². The quantitative estimate of drug-likeness (QED) is 0.0923. The molecule has 5 N–H and O–H groups in total. The highest BCUT2D eigenvalue weighted by molar-refractivity contribution is 6.08. The zero-order valence-corrected chi connectivity index (χ0v) is 36.2. The van der Waals surface area contributed by atoms with Crippen LogP contribution in [0.5, 0.6) is 0 Å². The first kappa shape index (κ1) is 44.6. The zero-order chi connectivity index (χ0) is 44.2. The van der Waals surface area contributed by atoms with Crippen molar-refractivity contribution < 1.29 is 33.6 Å². The van der Waals surface area contributed by atoms with Crippen molar-refractivity contribution in [2.75, 3.05) is 49.5 Å². The van der Waals surface area contributed by atoms with Crippen LogP contribution in [0.2, 0.25) is 0 Å². The summed E-state index contributed by atoms with van der Waals surface area (Å²) in [7, 11) is 0. The van der Waals surface area contributed by atoms with Gasteiger partial charge in [0, 0.05) is 56.1 Å². The maximum absolute atomic E-state index is 14.3. The summed E-state index contributed by atoms with van der Waals surface area (Å²) in [6.45, 7) is 9.90. The Bertz CT molecular complexity index is 2410. The van der Waals surface area contributed by atoms with E-state index in [2.05, 4.69) is 42.6 Å². The van der Waals surface area contributed by atoms with Crippen LogP contribution in [0.15, 0.2) is 42.9 Å². The average Bonchev–Trinajstić information content (AvgIpc) is 3.98. The van der Waals surface area contributed by atoms with Gasteiger partial charge in [0.1, 0.15) is 30.4 Å². The molecular formula is C45H59F2N11O5. The Morgan fingerprint density at radius 3 is 2.60 bits per heavy atom. The number of hydrogen-bond donors (Lipinski definition) is 5. The molecule has 0 spiro atoms. The number of carbonyl (C=O) groups is 1. The molecule has 3 aliphatic rings. The Morgan fingerprint density at radius 1 is 1.08 bits per heavy atom. The van der Waals surface area contributed by atoms with Crippen LogP contribution >= 0.6 is 0 Å². The Balaban J connectivity index is 0.806. The normalized spacial score (nSPS) is 23.0. The third-order valence-corrected chi connectivity index (χ3v) is 12.7. The third-order valence-electron chi connectivity index (χ3n) is 12.7. The molecular weight excluding hydrogens is 813 g/mol. The van der Waals surface area contributed by atoms with Crippen LogP contribution in [0, 0.1) is 24.7 Å². The third kappa shape index (κ3) is 10.2. The average molecular weight is 872 g/mol. The molecule has 1 amide bonds. The minimum absolute atomic E-state index is 0.0259. The molecule has 18 heteroatoms. The van der Waals surface area contributed by atoms with E-state index >= 15 is 0 Å². The van der Waals surface area contributed by atoms with Gasteiger partial charge in [-0.05, 0) is 95.8 Å². The summed E-state index contributed by atoms with van der Waals surface area (Å²) < 4.78 is 39.7. The number of alkyl halides is 2. The van der Waals surface area contributed by atoms with E-state index < -0.39 is 36.6 Å². The van der Waals surface area contributed by atoms with Gasteiger partial charge in [0.05, 0.1) is 47.4 Å². The van der Waals surface area contributed by atoms with Crippen molar-refractivity contribution >= 4 is 34.0 Å². The van der Waals surface area contributed by atoms with Crippen LogP contribution < -0.4 is 15.5 Å². The number of ether oxygens (including phenoxy) is 1. The summed E-state index contributed by atoms with van der Waals surface area (Å²) in [6, 6.07) is 7.36. The van der Waals surface area contributed by atoms with Crippen molar-refractivity contribution in [2.45, 2.75) is 122 Å². The van der Waals surface area contributed by atoms with Gasteiger partial charge < -0.3 is 35.2 Å². The molecule has 1 saturated carbocycles. The summed E-state index contributed by atoms with van der Waals surface area (Å²) >= 11 is 0. The number of likely N-dealkylation sites (tertiary alicyclic amines) is 1. The molecule has 2 aliphatic heterocycles. The number of aryl methyl sites for hydroxylation is 1. The van der Waals surface area contributed by atoms with Gasteiger partial charge in [-0.1, -0.05) is 24.8 Å². The highest BCUT2D eigenvalue weighted by Gasteiger charge is 2.32. The maximum Gasteiger partial charge on any atom is 0.284 e. The summed E-state index contributed by atoms with van der Waals surface area (Å²) in [4.78, 5) is 22.6. The van der Waals surface area contributed by atoms with Crippen LogP contribution in [0.3, 0.4) is 0 Å².